The molecule has 2 heterocycles. The quantitative estimate of drug-likeness (QED) is 0.620. The number of carbonyl (C=O) groups is 1. The summed E-state index contributed by atoms with van der Waals surface area (Å²) in [5.74, 6) is 0.118. The first kappa shape index (κ1) is 21.7. The maximum atomic E-state index is 13.1. The number of aromatic nitrogens is 1. The van der Waals surface area contributed by atoms with Crippen molar-refractivity contribution < 1.29 is 9.53 Å². The molecule has 0 spiro atoms. The van der Waals surface area contributed by atoms with Gasteiger partial charge in [-0.15, -0.1) is 0 Å². The maximum Gasteiger partial charge on any atom is 0.270 e. The van der Waals surface area contributed by atoms with Crippen molar-refractivity contribution >= 4 is 11.6 Å². The molecule has 1 saturated heterocycles. The number of nitrogens with zero attached hydrogens (tertiary/aromatic N) is 3. The van der Waals surface area contributed by atoms with E-state index in [1.807, 2.05) is 35.2 Å². The number of carbonyl (C=O) groups excluding carboxylic acids is 1. The highest BCUT2D eigenvalue weighted by Gasteiger charge is 2.25. The molecule has 1 fully saturated rings. The van der Waals surface area contributed by atoms with Crippen LogP contribution in [0.25, 0.3) is 0 Å². The molecule has 6 heteroatoms. The third kappa shape index (κ3) is 4.69. The first-order valence-electron chi connectivity index (χ1n) is 10.9. The second kappa shape index (κ2) is 9.30. The van der Waals surface area contributed by atoms with Gasteiger partial charge in [-0.3, -0.25) is 9.59 Å². The van der Waals surface area contributed by atoms with E-state index in [0.29, 0.717) is 25.4 Å². The fraction of sp³-hybridized carbons (Fsp3) is 0.308. The lowest BCUT2D eigenvalue weighted by atomic mass is 10.1. The fourth-order valence-corrected chi connectivity index (χ4v) is 4.14. The van der Waals surface area contributed by atoms with Gasteiger partial charge in [0.25, 0.3) is 5.91 Å². The summed E-state index contributed by atoms with van der Waals surface area (Å²) < 4.78 is 7.38. The van der Waals surface area contributed by atoms with E-state index in [1.54, 1.807) is 17.8 Å². The van der Waals surface area contributed by atoms with Crippen molar-refractivity contribution in [3.63, 3.8) is 0 Å². The van der Waals surface area contributed by atoms with E-state index in [9.17, 15) is 9.59 Å². The highest BCUT2D eigenvalue weighted by Crippen LogP contribution is 2.23. The van der Waals surface area contributed by atoms with Crippen molar-refractivity contribution in [3.8, 4) is 5.75 Å². The van der Waals surface area contributed by atoms with E-state index < -0.39 is 0 Å². The number of rotatable bonds is 5. The third-order valence-electron chi connectivity index (χ3n) is 5.92. The van der Waals surface area contributed by atoms with Gasteiger partial charge < -0.3 is 19.1 Å². The molecule has 2 aromatic carbocycles. The van der Waals surface area contributed by atoms with Gasteiger partial charge in [-0.25, -0.2) is 0 Å². The summed E-state index contributed by atoms with van der Waals surface area (Å²) in [6, 6.07) is 17.5. The number of piperazine rings is 1. The molecular weight excluding hydrogens is 402 g/mol. The molecule has 0 bridgehead atoms. The normalized spacial score (nSPS) is 13.8. The lowest BCUT2D eigenvalue weighted by Crippen LogP contribution is -2.49. The van der Waals surface area contributed by atoms with Crippen LogP contribution in [-0.2, 0) is 13.7 Å². The summed E-state index contributed by atoms with van der Waals surface area (Å²) in [4.78, 5) is 29.8. The number of ether oxygens (including phenoxy) is 1. The topological polar surface area (TPSA) is 54.8 Å². The van der Waals surface area contributed by atoms with Crippen LogP contribution in [0.3, 0.4) is 0 Å². The first-order valence-corrected chi connectivity index (χ1v) is 10.9. The van der Waals surface area contributed by atoms with E-state index in [-0.39, 0.29) is 17.1 Å². The smallest absolute Gasteiger partial charge is 0.270 e. The van der Waals surface area contributed by atoms with Crippen LogP contribution in [0.4, 0.5) is 5.69 Å². The minimum atomic E-state index is -0.281. The van der Waals surface area contributed by atoms with Gasteiger partial charge in [0.1, 0.15) is 12.3 Å². The van der Waals surface area contributed by atoms with E-state index in [0.717, 1.165) is 18.7 Å². The van der Waals surface area contributed by atoms with E-state index in [1.165, 1.54) is 22.9 Å². The van der Waals surface area contributed by atoms with Crippen molar-refractivity contribution in [3.05, 3.63) is 93.4 Å². The Balaban J connectivity index is 1.42. The fourth-order valence-electron chi connectivity index (χ4n) is 4.14. The summed E-state index contributed by atoms with van der Waals surface area (Å²) >= 11 is 0. The van der Waals surface area contributed by atoms with Crippen molar-refractivity contribution in [2.45, 2.75) is 20.5 Å². The lowest BCUT2D eigenvalue weighted by molar-refractivity contribution is 0.0736. The molecule has 1 amide bonds. The van der Waals surface area contributed by atoms with Gasteiger partial charge in [-0.05, 0) is 31.0 Å². The standard InChI is InChI=1S/C26H29N3O3/c1-19-9-10-22(20(2)15-19)28-11-13-29(14-12-28)26(31)23-16-24(30)25(17-27(23)3)32-18-21-7-5-4-6-8-21/h4-10,15-17H,11-14,18H2,1-3H3. The van der Waals surface area contributed by atoms with Gasteiger partial charge in [0.05, 0.1) is 6.20 Å². The molecule has 3 aromatic rings. The predicted octanol–water partition coefficient (Wildman–Crippen LogP) is 3.54. The van der Waals surface area contributed by atoms with Gasteiger partial charge in [-0.2, -0.15) is 0 Å². The Bertz CT molecular complexity index is 1160. The SMILES string of the molecule is Cc1ccc(N2CCN(C(=O)c3cc(=O)c(OCc4ccccc4)cn3C)CC2)c(C)c1. The number of pyridine rings is 1. The lowest BCUT2D eigenvalue weighted by Gasteiger charge is -2.37. The Morgan fingerprint density at radius 3 is 2.38 bits per heavy atom. The molecule has 1 aliphatic heterocycles. The molecule has 0 aliphatic carbocycles. The zero-order chi connectivity index (χ0) is 22.7. The van der Waals surface area contributed by atoms with Crippen LogP contribution in [0, 0.1) is 13.8 Å². The van der Waals surface area contributed by atoms with Gasteiger partial charge in [0, 0.05) is 45.0 Å². The van der Waals surface area contributed by atoms with Crippen LogP contribution in [-0.4, -0.2) is 41.6 Å². The Morgan fingerprint density at radius 2 is 1.69 bits per heavy atom. The Morgan fingerprint density at radius 1 is 0.969 bits per heavy atom. The van der Waals surface area contributed by atoms with Crippen LogP contribution < -0.4 is 15.1 Å². The summed E-state index contributed by atoms with van der Waals surface area (Å²) in [6.45, 7) is 7.29. The van der Waals surface area contributed by atoms with Crippen LogP contribution in [0.5, 0.6) is 5.75 Å². The molecule has 0 N–H and O–H groups in total. The summed E-state index contributed by atoms with van der Waals surface area (Å²) in [5, 5.41) is 0. The molecule has 6 nitrogen and oxygen atoms in total. The average molecular weight is 432 g/mol. The highest BCUT2D eigenvalue weighted by molar-refractivity contribution is 5.92. The summed E-state index contributed by atoms with van der Waals surface area (Å²) in [6.07, 6.45) is 1.60. The third-order valence-corrected chi connectivity index (χ3v) is 5.92. The minimum Gasteiger partial charge on any atom is -0.483 e. The molecule has 0 saturated carbocycles. The van der Waals surface area contributed by atoms with E-state index in [2.05, 4.69) is 36.9 Å². The van der Waals surface area contributed by atoms with Gasteiger partial charge in [0.2, 0.25) is 5.43 Å². The molecule has 0 unspecified atom stereocenters. The maximum absolute atomic E-state index is 13.1. The second-order valence-electron chi connectivity index (χ2n) is 8.34. The molecule has 0 atom stereocenters. The molecule has 166 valence electrons. The minimum absolute atomic E-state index is 0.125. The molecule has 32 heavy (non-hydrogen) atoms. The van der Waals surface area contributed by atoms with Crippen LogP contribution in [0.2, 0.25) is 0 Å². The van der Waals surface area contributed by atoms with Gasteiger partial charge in [0.15, 0.2) is 5.75 Å². The number of benzene rings is 2. The largest absolute Gasteiger partial charge is 0.483 e. The number of hydrogen-bond acceptors (Lipinski definition) is 4. The molecule has 0 radical (unpaired) electrons. The number of aryl methyl sites for hydroxylation is 3. The van der Waals surface area contributed by atoms with Gasteiger partial charge in [-0.1, -0.05) is 48.0 Å². The molecule has 4 rings (SSSR count). The van der Waals surface area contributed by atoms with Gasteiger partial charge >= 0.3 is 0 Å². The van der Waals surface area contributed by atoms with E-state index >= 15 is 0 Å². The zero-order valence-electron chi connectivity index (χ0n) is 18.9. The zero-order valence-corrected chi connectivity index (χ0v) is 18.9. The highest BCUT2D eigenvalue weighted by atomic mass is 16.5. The van der Waals surface area contributed by atoms with Crippen molar-refractivity contribution in [2.24, 2.45) is 7.05 Å². The van der Waals surface area contributed by atoms with Crippen LogP contribution in [0.1, 0.15) is 27.2 Å². The van der Waals surface area contributed by atoms with Crippen molar-refractivity contribution in [2.75, 3.05) is 31.1 Å². The summed E-state index contributed by atoms with van der Waals surface area (Å²) in [5.41, 5.74) is 4.79. The first-order chi connectivity index (χ1) is 15.4. The molecule has 1 aromatic heterocycles. The number of amides is 1. The molecular formula is C26H29N3O3. The van der Waals surface area contributed by atoms with Crippen molar-refractivity contribution in [1.29, 1.82) is 0 Å². The number of anilines is 1. The Hall–Kier alpha value is -3.54. The monoisotopic (exact) mass is 431 g/mol. The second-order valence-corrected chi connectivity index (χ2v) is 8.34. The number of hydrogen-bond donors (Lipinski definition) is 0. The summed E-state index contributed by atoms with van der Waals surface area (Å²) in [7, 11) is 1.77. The Kier molecular flexibility index (Phi) is 6.30. The van der Waals surface area contributed by atoms with E-state index in [4.69, 9.17) is 4.74 Å². The van der Waals surface area contributed by atoms with Crippen LogP contribution in [0.15, 0.2) is 65.6 Å². The van der Waals surface area contributed by atoms with Crippen molar-refractivity contribution in [1.82, 2.24) is 9.47 Å². The predicted molar refractivity (Wildman–Crippen MR) is 126 cm³/mol. The molecule has 1 aliphatic rings. The average Bonchev–Trinajstić information content (AvgIpc) is 2.80. The van der Waals surface area contributed by atoms with Crippen LogP contribution >= 0.6 is 0 Å². The Labute approximate surface area is 188 Å².